The van der Waals surface area contributed by atoms with Gasteiger partial charge in [-0.2, -0.15) is 5.26 Å². The van der Waals surface area contributed by atoms with E-state index in [0.29, 0.717) is 12.8 Å². The standard InChI is InChI=1S/C14H17BrN2O/c1-9-4-11(5-10(2)12(9)15)18-14(17)6-13(3,7-14)8-16/h4-5H,6-7,17H2,1-3H3. The molecule has 0 amide bonds. The van der Waals surface area contributed by atoms with Crippen LogP contribution in [0.15, 0.2) is 16.6 Å². The molecule has 1 aromatic carbocycles. The highest BCUT2D eigenvalue weighted by Gasteiger charge is 2.52. The Kier molecular flexibility index (Phi) is 3.16. The second-order valence-corrected chi connectivity index (χ2v) is 6.36. The Hall–Kier alpha value is -1.05. The van der Waals surface area contributed by atoms with E-state index in [1.165, 1.54) is 0 Å². The predicted molar refractivity (Wildman–Crippen MR) is 74.1 cm³/mol. The number of nitrogens with two attached hydrogens (primary N) is 1. The Morgan fingerprint density at radius 1 is 1.33 bits per heavy atom. The van der Waals surface area contributed by atoms with Crippen molar-refractivity contribution in [3.05, 3.63) is 27.7 Å². The van der Waals surface area contributed by atoms with Gasteiger partial charge in [-0.15, -0.1) is 0 Å². The van der Waals surface area contributed by atoms with E-state index in [-0.39, 0.29) is 5.41 Å². The maximum Gasteiger partial charge on any atom is 0.161 e. The zero-order valence-electron chi connectivity index (χ0n) is 10.9. The number of aryl methyl sites for hydroxylation is 2. The van der Waals surface area contributed by atoms with E-state index in [9.17, 15) is 0 Å². The average molecular weight is 309 g/mol. The third-order valence-electron chi connectivity index (χ3n) is 3.38. The van der Waals surface area contributed by atoms with Crippen LogP contribution in [-0.2, 0) is 0 Å². The van der Waals surface area contributed by atoms with Crippen LogP contribution in [0.25, 0.3) is 0 Å². The summed E-state index contributed by atoms with van der Waals surface area (Å²) in [5.41, 5.74) is 7.35. The minimum Gasteiger partial charge on any atom is -0.473 e. The van der Waals surface area contributed by atoms with Gasteiger partial charge < -0.3 is 4.74 Å². The molecule has 0 unspecified atom stereocenters. The molecule has 1 saturated carbocycles. The van der Waals surface area contributed by atoms with Gasteiger partial charge >= 0.3 is 0 Å². The second kappa shape index (κ2) is 4.25. The first-order chi connectivity index (χ1) is 8.27. The molecule has 0 aliphatic heterocycles. The highest BCUT2D eigenvalue weighted by molar-refractivity contribution is 9.10. The molecule has 1 aliphatic rings. The normalized spacial score (nSPS) is 30.4. The van der Waals surface area contributed by atoms with Crippen LogP contribution in [0.5, 0.6) is 5.75 Å². The second-order valence-electron chi connectivity index (χ2n) is 5.56. The van der Waals surface area contributed by atoms with E-state index in [2.05, 4.69) is 22.0 Å². The zero-order chi connectivity index (χ0) is 13.6. The molecule has 1 aliphatic carbocycles. The number of benzene rings is 1. The van der Waals surface area contributed by atoms with Crippen LogP contribution < -0.4 is 10.5 Å². The van der Waals surface area contributed by atoms with Crippen LogP contribution in [0, 0.1) is 30.6 Å². The lowest BCUT2D eigenvalue weighted by molar-refractivity contribution is -0.0691. The van der Waals surface area contributed by atoms with Crippen molar-refractivity contribution in [2.75, 3.05) is 0 Å². The number of halogens is 1. The molecule has 0 radical (unpaired) electrons. The summed E-state index contributed by atoms with van der Waals surface area (Å²) in [6, 6.07) is 6.22. The first-order valence-electron chi connectivity index (χ1n) is 5.93. The molecule has 96 valence electrons. The molecule has 0 heterocycles. The number of hydrogen-bond donors (Lipinski definition) is 1. The van der Waals surface area contributed by atoms with Crippen molar-refractivity contribution in [3.63, 3.8) is 0 Å². The van der Waals surface area contributed by atoms with Crippen LogP contribution in [0.4, 0.5) is 0 Å². The maximum atomic E-state index is 9.00. The predicted octanol–water partition coefficient (Wildman–Crippen LogP) is 3.42. The molecule has 0 atom stereocenters. The fourth-order valence-electron chi connectivity index (χ4n) is 2.62. The van der Waals surface area contributed by atoms with Crippen molar-refractivity contribution in [1.29, 1.82) is 5.26 Å². The lowest BCUT2D eigenvalue weighted by atomic mass is 9.65. The highest BCUT2D eigenvalue weighted by atomic mass is 79.9. The molecule has 3 nitrogen and oxygen atoms in total. The van der Waals surface area contributed by atoms with E-state index < -0.39 is 5.72 Å². The van der Waals surface area contributed by atoms with Gasteiger partial charge in [0.15, 0.2) is 5.72 Å². The average Bonchev–Trinajstić information content (AvgIpc) is 2.23. The molecule has 0 saturated heterocycles. The van der Waals surface area contributed by atoms with E-state index in [0.717, 1.165) is 21.3 Å². The molecule has 4 heteroatoms. The number of nitrogens with zero attached hydrogens (tertiary/aromatic N) is 1. The van der Waals surface area contributed by atoms with Crippen molar-refractivity contribution in [1.82, 2.24) is 0 Å². The van der Waals surface area contributed by atoms with E-state index in [1.807, 2.05) is 32.9 Å². The third-order valence-corrected chi connectivity index (χ3v) is 4.63. The van der Waals surface area contributed by atoms with Crippen molar-refractivity contribution in [2.45, 2.75) is 39.3 Å². The molecular formula is C14H17BrN2O. The minimum atomic E-state index is -0.697. The fraction of sp³-hybridized carbons (Fsp3) is 0.500. The summed E-state index contributed by atoms with van der Waals surface area (Å²) in [6.07, 6.45) is 1.15. The molecule has 18 heavy (non-hydrogen) atoms. The van der Waals surface area contributed by atoms with Crippen molar-refractivity contribution in [3.8, 4) is 11.8 Å². The summed E-state index contributed by atoms with van der Waals surface area (Å²) in [4.78, 5) is 0. The fourth-order valence-corrected chi connectivity index (χ4v) is 2.85. The van der Waals surface area contributed by atoms with Gasteiger partial charge in [-0.3, -0.25) is 5.73 Å². The van der Waals surface area contributed by atoms with E-state index in [4.69, 9.17) is 15.7 Å². The Morgan fingerprint density at radius 2 is 1.83 bits per heavy atom. The number of nitriles is 1. The summed E-state index contributed by atoms with van der Waals surface area (Å²) in [6.45, 7) is 5.96. The first kappa shape index (κ1) is 13.4. The Labute approximate surface area is 116 Å². The van der Waals surface area contributed by atoms with Gasteiger partial charge in [-0.1, -0.05) is 15.9 Å². The summed E-state index contributed by atoms with van der Waals surface area (Å²) < 4.78 is 6.95. The van der Waals surface area contributed by atoms with Crippen LogP contribution in [-0.4, -0.2) is 5.72 Å². The lowest BCUT2D eigenvalue weighted by Crippen LogP contribution is -2.60. The Balaban J connectivity index is 2.15. The topological polar surface area (TPSA) is 59.0 Å². The summed E-state index contributed by atoms with van der Waals surface area (Å²) in [7, 11) is 0. The first-order valence-corrected chi connectivity index (χ1v) is 6.72. The molecule has 2 rings (SSSR count). The largest absolute Gasteiger partial charge is 0.473 e. The minimum absolute atomic E-state index is 0.339. The van der Waals surface area contributed by atoms with Gasteiger partial charge in [0.2, 0.25) is 0 Å². The summed E-state index contributed by atoms with van der Waals surface area (Å²) in [5.74, 6) is 0.774. The van der Waals surface area contributed by atoms with Crippen LogP contribution in [0.2, 0.25) is 0 Å². The number of ether oxygens (including phenoxy) is 1. The van der Waals surface area contributed by atoms with Crippen LogP contribution in [0.1, 0.15) is 30.9 Å². The zero-order valence-corrected chi connectivity index (χ0v) is 12.5. The van der Waals surface area contributed by atoms with Crippen molar-refractivity contribution in [2.24, 2.45) is 11.1 Å². The quantitative estimate of drug-likeness (QED) is 0.852. The van der Waals surface area contributed by atoms with Gasteiger partial charge in [-0.25, -0.2) is 0 Å². The van der Waals surface area contributed by atoms with E-state index in [1.54, 1.807) is 0 Å². The van der Waals surface area contributed by atoms with Crippen LogP contribution in [0.3, 0.4) is 0 Å². The molecule has 1 aromatic rings. The maximum absolute atomic E-state index is 9.00. The Bertz CT molecular complexity index is 504. The van der Waals surface area contributed by atoms with Gasteiger partial charge in [0.25, 0.3) is 0 Å². The highest BCUT2D eigenvalue weighted by Crippen LogP contribution is 2.47. The SMILES string of the molecule is Cc1cc(OC2(N)CC(C)(C#N)C2)cc(C)c1Br. The lowest BCUT2D eigenvalue weighted by Gasteiger charge is -2.47. The van der Waals surface area contributed by atoms with Crippen molar-refractivity contribution >= 4 is 15.9 Å². The van der Waals surface area contributed by atoms with Crippen LogP contribution >= 0.6 is 15.9 Å². The van der Waals surface area contributed by atoms with E-state index >= 15 is 0 Å². The van der Waals surface area contributed by atoms with Crippen molar-refractivity contribution < 1.29 is 4.74 Å². The summed E-state index contributed by atoms with van der Waals surface area (Å²) >= 11 is 3.52. The van der Waals surface area contributed by atoms with Gasteiger partial charge in [-0.05, 0) is 44.0 Å². The molecule has 2 N–H and O–H groups in total. The number of hydrogen-bond acceptors (Lipinski definition) is 3. The van der Waals surface area contributed by atoms with Gasteiger partial charge in [0, 0.05) is 17.3 Å². The molecule has 0 aromatic heterocycles. The smallest absolute Gasteiger partial charge is 0.161 e. The Morgan fingerprint density at radius 3 is 2.28 bits per heavy atom. The molecule has 1 fully saturated rings. The molecule has 0 spiro atoms. The van der Waals surface area contributed by atoms with Gasteiger partial charge in [0.05, 0.1) is 11.5 Å². The molecular weight excluding hydrogens is 292 g/mol. The monoisotopic (exact) mass is 308 g/mol. The van der Waals surface area contributed by atoms with Gasteiger partial charge in [0.1, 0.15) is 5.75 Å². The third kappa shape index (κ3) is 2.38. The summed E-state index contributed by atoms with van der Waals surface area (Å²) in [5, 5.41) is 9.00. The number of rotatable bonds is 2. The molecule has 0 bridgehead atoms.